The third-order valence-corrected chi connectivity index (χ3v) is 4.21. The maximum Gasteiger partial charge on any atom is 0.298 e. The molecule has 0 atom stereocenters. The summed E-state index contributed by atoms with van der Waals surface area (Å²) in [6.45, 7) is 1.86. The van der Waals surface area contributed by atoms with E-state index in [2.05, 4.69) is 0 Å². The monoisotopic (exact) mass is 311 g/mol. The Morgan fingerprint density at radius 1 is 1.05 bits per heavy atom. The Bertz CT molecular complexity index is 781. The SMILES string of the molecule is Cc1ccccc1N1C(=O)S/C(=C/c2ccc(O)cc2)C1=O. The zero-order valence-electron chi connectivity index (χ0n) is 11.8. The minimum atomic E-state index is -0.322. The van der Waals surface area contributed by atoms with Gasteiger partial charge >= 0.3 is 0 Å². The van der Waals surface area contributed by atoms with Crippen LogP contribution in [0.2, 0.25) is 0 Å². The van der Waals surface area contributed by atoms with E-state index in [1.165, 1.54) is 17.0 Å². The van der Waals surface area contributed by atoms with E-state index in [9.17, 15) is 14.7 Å². The van der Waals surface area contributed by atoms with Crippen molar-refractivity contribution in [2.24, 2.45) is 0 Å². The van der Waals surface area contributed by atoms with Gasteiger partial charge in [-0.1, -0.05) is 30.3 Å². The molecule has 2 aromatic rings. The summed E-state index contributed by atoms with van der Waals surface area (Å²) in [5.74, 6) is -0.164. The van der Waals surface area contributed by atoms with Gasteiger partial charge < -0.3 is 5.11 Å². The highest BCUT2D eigenvalue weighted by atomic mass is 32.2. The van der Waals surface area contributed by atoms with Crippen molar-refractivity contribution >= 4 is 34.7 Å². The van der Waals surface area contributed by atoms with Crippen molar-refractivity contribution in [3.8, 4) is 5.75 Å². The van der Waals surface area contributed by atoms with E-state index in [4.69, 9.17) is 0 Å². The van der Waals surface area contributed by atoms with Crippen LogP contribution in [-0.4, -0.2) is 16.3 Å². The number of imide groups is 1. The van der Waals surface area contributed by atoms with Crippen molar-refractivity contribution in [1.29, 1.82) is 0 Å². The van der Waals surface area contributed by atoms with Gasteiger partial charge in [0.15, 0.2) is 0 Å². The number of carbonyl (C=O) groups is 2. The Morgan fingerprint density at radius 3 is 2.41 bits per heavy atom. The fourth-order valence-corrected chi connectivity index (χ4v) is 3.05. The van der Waals surface area contributed by atoms with E-state index in [0.717, 1.165) is 22.9 Å². The molecule has 2 aromatic carbocycles. The first-order chi connectivity index (χ1) is 10.6. The van der Waals surface area contributed by atoms with Gasteiger partial charge in [0, 0.05) is 0 Å². The summed E-state index contributed by atoms with van der Waals surface area (Å²) in [4.78, 5) is 26.3. The summed E-state index contributed by atoms with van der Waals surface area (Å²) in [6.07, 6.45) is 1.66. The second kappa shape index (κ2) is 5.69. The molecule has 1 aliphatic heterocycles. The average Bonchev–Trinajstić information content (AvgIpc) is 2.77. The van der Waals surface area contributed by atoms with Crippen LogP contribution in [0, 0.1) is 6.92 Å². The van der Waals surface area contributed by atoms with Crippen LogP contribution < -0.4 is 4.90 Å². The normalized spacial score (nSPS) is 16.6. The van der Waals surface area contributed by atoms with E-state index in [0.29, 0.717) is 10.6 Å². The van der Waals surface area contributed by atoms with E-state index >= 15 is 0 Å². The predicted molar refractivity (Wildman–Crippen MR) is 87.7 cm³/mol. The van der Waals surface area contributed by atoms with Gasteiger partial charge in [-0.3, -0.25) is 9.59 Å². The number of amides is 2. The lowest BCUT2D eigenvalue weighted by Gasteiger charge is -2.14. The quantitative estimate of drug-likeness (QED) is 0.853. The largest absolute Gasteiger partial charge is 0.508 e. The fraction of sp³-hybridized carbons (Fsp3) is 0.0588. The number of aromatic hydroxyl groups is 1. The Kier molecular flexibility index (Phi) is 3.73. The van der Waals surface area contributed by atoms with Gasteiger partial charge in [-0.2, -0.15) is 0 Å². The predicted octanol–water partition coefficient (Wildman–Crippen LogP) is 3.94. The molecular formula is C17H13NO3S. The third-order valence-electron chi connectivity index (χ3n) is 3.34. The Morgan fingerprint density at radius 2 is 1.73 bits per heavy atom. The number of benzene rings is 2. The Balaban J connectivity index is 1.95. The molecule has 0 unspecified atom stereocenters. The molecule has 1 N–H and O–H groups in total. The van der Waals surface area contributed by atoms with Crippen molar-refractivity contribution < 1.29 is 14.7 Å². The molecule has 110 valence electrons. The number of carbonyl (C=O) groups excluding carboxylic acids is 2. The molecule has 2 amide bonds. The lowest BCUT2D eigenvalue weighted by molar-refractivity contribution is -0.113. The number of hydrogen-bond acceptors (Lipinski definition) is 4. The zero-order chi connectivity index (χ0) is 15.7. The number of anilines is 1. The number of thioether (sulfide) groups is 1. The van der Waals surface area contributed by atoms with Crippen LogP contribution >= 0.6 is 11.8 Å². The second-order valence-electron chi connectivity index (χ2n) is 4.90. The van der Waals surface area contributed by atoms with Crippen LogP contribution in [0.5, 0.6) is 5.75 Å². The van der Waals surface area contributed by atoms with Gasteiger partial charge in [0.25, 0.3) is 11.1 Å². The van der Waals surface area contributed by atoms with Crippen molar-refractivity contribution in [1.82, 2.24) is 0 Å². The number of para-hydroxylation sites is 1. The molecule has 5 heteroatoms. The highest BCUT2D eigenvalue weighted by Crippen LogP contribution is 2.36. The van der Waals surface area contributed by atoms with Crippen LogP contribution in [0.4, 0.5) is 10.5 Å². The molecule has 0 aliphatic carbocycles. The van der Waals surface area contributed by atoms with Crippen molar-refractivity contribution in [3.05, 3.63) is 64.6 Å². The number of nitrogens with zero attached hydrogens (tertiary/aromatic N) is 1. The zero-order valence-corrected chi connectivity index (χ0v) is 12.6. The van der Waals surface area contributed by atoms with E-state index in [1.54, 1.807) is 30.3 Å². The first kappa shape index (κ1) is 14.4. The molecule has 1 aliphatic rings. The third kappa shape index (κ3) is 2.63. The topological polar surface area (TPSA) is 57.6 Å². The molecule has 0 spiro atoms. The Labute approximate surface area is 132 Å². The highest BCUT2D eigenvalue weighted by Gasteiger charge is 2.36. The first-order valence-electron chi connectivity index (χ1n) is 6.69. The summed E-state index contributed by atoms with van der Waals surface area (Å²) >= 11 is 0.920. The van der Waals surface area contributed by atoms with E-state index < -0.39 is 0 Å². The lowest BCUT2D eigenvalue weighted by atomic mass is 10.1. The molecule has 1 heterocycles. The molecule has 0 aromatic heterocycles. The first-order valence-corrected chi connectivity index (χ1v) is 7.50. The van der Waals surface area contributed by atoms with Gasteiger partial charge in [0.1, 0.15) is 5.75 Å². The molecule has 0 radical (unpaired) electrons. The van der Waals surface area contributed by atoms with Gasteiger partial charge in [-0.15, -0.1) is 0 Å². The minimum absolute atomic E-state index is 0.158. The number of phenols is 1. The van der Waals surface area contributed by atoms with Crippen LogP contribution in [0.1, 0.15) is 11.1 Å². The van der Waals surface area contributed by atoms with E-state index in [1.807, 2.05) is 19.1 Å². The molecule has 1 fully saturated rings. The number of hydrogen-bond donors (Lipinski definition) is 1. The summed E-state index contributed by atoms with van der Waals surface area (Å²) in [6, 6.07) is 13.7. The summed E-state index contributed by atoms with van der Waals surface area (Å²) in [5.41, 5.74) is 2.24. The Hall–Kier alpha value is -2.53. The van der Waals surface area contributed by atoms with Crippen LogP contribution in [-0.2, 0) is 4.79 Å². The lowest BCUT2D eigenvalue weighted by Crippen LogP contribution is -2.28. The average molecular weight is 311 g/mol. The van der Waals surface area contributed by atoms with Crippen molar-refractivity contribution in [2.75, 3.05) is 4.90 Å². The summed E-state index contributed by atoms with van der Waals surface area (Å²) in [5, 5.41) is 8.98. The van der Waals surface area contributed by atoms with Crippen LogP contribution in [0.3, 0.4) is 0 Å². The number of rotatable bonds is 2. The molecule has 0 saturated carbocycles. The number of aryl methyl sites for hydroxylation is 1. The van der Waals surface area contributed by atoms with Crippen molar-refractivity contribution in [3.63, 3.8) is 0 Å². The van der Waals surface area contributed by atoms with Gasteiger partial charge in [0.05, 0.1) is 10.6 Å². The van der Waals surface area contributed by atoms with Gasteiger partial charge in [-0.05, 0) is 54.1 Å². The second-order valence-corrected chi connectivity index (χ2v) is 5.89. The molecule has 1 saturated heterocycles. The molecule has 22 heavy (non-hydrogen) atoms. The van der Waals surface area contributed by atoms with Crippen LogP contribution in [0.25, 0.3) is 6.08 Å². The number of phenolic OH excluding ortho intramolecular Hbond substituents is 1. The van der Waals surface area contributed by atoms with Gasteiger partial charge in [-0.25, -0.2) is 4.90 Å². The maximum absolute atomic E-state index is 12.5. The smallest absolute Gasteiger partial charge is 0.298 e. The molecule has 4 nitrogen and oxygen atoms in total. The summed E-state index contributed by atoms with van der Waals surface area (Å²) < 4.78 is 0. The van der Waals surface area contributed by atoms with Gasteiger partial charge in [0.2, 0.25) is 0 Å². The molecular weight excluding hydrogens is 298 g/mol. The summed E-state index contributed by atoms with van der Waals surface area (Å²) in [7, 11) is 0. The molecule has 0 bridgehead atoms. The minimum Gasteiger partial charge on any atom is -0.508 e. The fourth-order valence-electron chi connectivity index (χ4n) is 2.21. The maximum atomic E-state index is 12.5. The standard InChI is InChI=1S/C17H13NO3S/c1-11-4-2-3-5-14(11)18-16(20)15(22-17(18)21)10-12-6-8-13(19)9-7-12/h2-10,19H,1H3/b15-10+. The highest BCUT2D eigenvalue weighted by molar-refractivity contribution is 8.19. The van der Waals surface area contributed by atoms with Crippen LogP contribution in [0.15, 0.2) is 53.4 Å². The molecule has 3 rings (SSSR count). The van der Waals surface area contributed by atoms with Crippen molar-refractivity contribution in [2.45, 2.75) is 6.92 Å². The van der Waals surface area contributed by atoms with E-state index in [-0.39, 0.29) is 16.9 Å².